The van der Waals surface area contributed by atoms with E-state index in [1.165, 1.54) is 0 Å². The SMILES string of the molecule is CCN(CC1CCC(C)O1)C(=O)c1cc2c(cn1)c(Br)nn2CSC. The number of amides is 1. The first-order chi connectivity index (χ1) is 12.0. The summed E-state index contributed by atoms with van der Waals surface area (Å²) in [5.74, 6) is 0.672. The van der Waals surface area contributed by atoms with Crippen molar-refractivity contribution in [2.75, 3.05) is 19.3 Å². The summed E-state index contributed by atoms with van der Waals surface area (Å²) < 4.78 is 8.51. The summed E-state index contributed by atoms with van der Waals surface area (Å²) in [6.45, 7) is 5.33. The fourth-order valence-corrected chi connectivity index (χ4v) is 4.09. The van der Waals surface area contributed by atoms with Crippen molar-refractivity contribution < 1.29 is 9.53 Å². The molecule has 0 saturated carbocycles. The van der Waals surface area contributed by atoms with Crippen LogP contribution in [0.5, 0.6) is 0 Å². The average molecular weight is 427 g/mol. The van der Waals surface area contributed by atoms with Gasteiger partial charge in [-0.1, -0.05) is 0 Å². The summed E-state index contributed by atoms with van der Waals surface area (Å²) in [4.78, 5) is 19.1. The van der Waals surface area contributed by atoms with E-state index in [0.717, 1.165) is 34.2 Å². The average Bonchev–Trinajstić information content (AvgIpc) is 3.15. The summed E-state index contributed by atoms with van der Waals surface area (Å²) in [5.41, 5.74) is 1.37. The molecule has 0 aliphatic carbocycles. The van der Waals surface area contributed by atoms with Gasteiger partial charge < -0.3 is 9.64 Å². The number of nitrogens with zero attached hydrogens (tertiary/aromatic N) is 4. The van der Waals surface area contributed by atoms with E-state index in [1.807, 2.05) is 28.8 Å². The Bertz CT molecular complexity index is 766. The maximum absolute atomic E-state index is 12.9. The molecular weight excluding hydrogens is 404 g/mol. The lowest BCUT2D eigenvalue weighted by Gasteiger charge is -2.24. The standard InChI is InChI=1S/C17H23BrN4O2S/c1-4-21(9-12-6-5-11(2)24-12)17(23)14-7-15-13(8-19-14)16(18)20-22(15)10-25-3/h7-8,11-12H,4-6,9-10H2,1-3H3. The second-order valence-electron chi connectivity index (χ2n) is 6.28. The van der Waals surface area contributed by atoms with Crippen LogP contribution in [0.1, 0.15) is 37.2 Å². The van der Waals surface area contributed by atoms with Crippen LogP contribution in [0.25, 0.3) is 10.9 Å². The molecule has 6 nitrogen and oxygen atoms in total. The smallest absolute Gasteiger partial charge is 0.272 e. The van der Waals surface area contributed by atoms with Crippen LogP contribution < -0.4 is 0 Å². The molecule has 1 saturated heterocycles. The van der Waals surface area contributed by atoms with Gasteiger partial charge in [-0.2, -0.15) is 5.10 Å². The fraction of sp³-hybridized carbons (Fsp3) is 0.588. The molecule has 1 fully saturated rings. The molecule has 1 amide bonds. The molecule has 1 aliphatic rings. The van der Waals surface area contributed by atoms with Gasteiger partial charge in [0, 0.05) is 19.3 Å². The first-order valence-corrected chi connectivity index (χ1v) is 10.7. The number of aromatic nitrogens is 3. The van der Waals surface area contributed by atoms with Gasteiger partial charge in [-0.25, -0.2) is 0 Å². The Labute approximate surface area is 160 Å². The van der Waals surface area contributed by atoms with Crippen LogP contribution in [0, 0.1) is 0 Å². The zero-order valence-electron chi connectivity index (χ0n) is 14.7. The number of carbonyl (C=O) groups excluding carboxylic acids is 1. The lowest BCUT2D eigenvalue weighted by Crippen LogP contribution is -2.37. The van der Waals surface area contributed by atoms with Crippen LogP contribution in [-0.4, -0.2) is 57.1 Å². The van der Waals surface area contributed by atoms with Crippen molar-refractivity contribution in [3.63, 3.8) is 0 Å². The normalized spacial score (nSPS) is 20.3. The van der Waals surface area contributed by atoms with Gasteiger partial charge in [0.2, 0.25) is 0 Å². The van der Waals surface area contributed by atoms with Crippen LogP contribution in [0.15, 0.2) is 16.9 Å². The first-order valence-electron chi connectivity index (χ1n) is 8.49. The molecule has 0 radical (unpaired) electrons. The molecule has 2 aromatic rings. The number of rotatable bonds is 6. The van der Waals surface area contributed by atoms with Gasteiger partial charge >= 0.3 is 0 Å². The maximum Gasteiger partial charge on any atom is 0.272 e. The fourth-order valence-electron chi connectivity index (χ4n) is 3.15. The largest absolute Gasteiger partial charge is 0.373 e. The molecular formula is C17H23BrN4O2S. The molecule has 2 unspecified atom stereocenters. The molecule has 0 spiro atoms. The Balaban J connectivity index is 1.83. The van der Waals surface area contributed by atoms with E-state index in [-0.39, 0.29) is 18.1 Å². The topological polar surface area (TPSA) is 60.2 Å². The predicted molar refractivity (Wildman–Crippen MR) is 104 cm³/mol. The summed E-state index contributed by atoms with van der Waals surface area (Å²) in [5, 5.41) is 5.38. The third-order valence-electron chi connectivity index (χ3n) is 4.47. The number of pyridine rings is 1. The summed E-state index contributed by atoms with van der Waals surface area (Å²) in [7, 11) is 0. The highest BCUT2D eigenvalue weighted by Gasteiger charge is 2.26. The van der Waals surface area contributed by atoms with E-state index in [2.05, 4.69) is 32.9 Å². The quantitative estimate of drug-likeness (QED) is 0.706. The van der Waals surface area contributed by atoms with E-state index < -0.39 is 0 Å². The van der Waals surface area contributed by atoms with E-state index in [1.54, 1.807) is 18.0 Å². The van der Waals surface area contributed by atoms with E-state index in [0.29, 0.717) is 18.8 Å². The summed E-state index contributed by atoms with van der Waals surface area (Å²) >= 11 is 5.14. The van der Waals surface area contributed by atoms with E-state index in [4.69, 9.17) is 4.74 Å². The van der Waals surface area contributed by atoms with Crippen LogP contribution in [0.4, 0.5) is 0 Å². The zero-order valence-corrected chi connectivity index (χ0v) is 17.1. The zero-order chi connectivity index (χ0) is 18.0. The lowest BCUT2D eigenvalue weighted by atomic mass is 10.2. The van der Waals surface area contributed by atoms with Gasteiger partial charge in [-0.05, 0) is 54.9 Å². The van der Waals surface area contributed by atoms with Crippen LogP contribution in [0.2, 0.25) is 0 Å². The first kappa shape index (κ1) is 18.7. The molecule has 3 rings (SSSR count). The van der Waals surface area contributed by atoms with Crippen molar-refractivity contribution >= 4 is 44.5 Å². The van der Waals surface area contributed by atoms with Crippen LogP contribution in [0.3, 0.4) is 0 Å². The Hall–Kier alpha value is -1.12. The van der Waals surface area contributed by atoms with Crippen molar-refractivity contribution in [3.8, 4) is 0 Å². The monoisotopic (exact) mass is 426 g/mol. The van der Waals surface area contributed by atoms with Crippen LogP contribution in [-0.2, 0) is 10.6 Å². The van der Waals surface area contributed by atoms with Crippen molar-refractivity contribution in [1.82, 2.24) is 19.7 Å². The molecule has 3 heterocycles. The second kappa shape index (κ2) is 8.05. The van der Waals surface area contributed by atoms with Gasteiger partial charge in [0.05, 0.1) is 29.0 Å². The van der Waals surface area contributed by atoms with Crippen molar-refractivity contribution in [2.45, 2.75) is 44.8 Å². The van der Waals surface area contributed by atoms with Gasteiger partial charge in [0.15, 0.2) is 0 Å². The molecule has 2 atom stereocenters. The summed E-state index contributed by atoms with van der Waals surface area (Å²) in [6, 6.07) is 1.84. The van der Waals surface area contributed by atoms with Crippen molar-refractivity contribution in [1.29, 1.82) is 0 Å². The van der Waals surface area contributed by atoms with Crippen molar-refractivity contribution in [2.24, 2.45) is 0 Å². The number of halogens is 1. The number of ether oxygens (including phenoxy) is 1. The predicted octanol–water partition coefficient (Wildman–Crippen LogP) is 3.54. The highest BCUT2D eigenvalue weighted by molar-refractivity contribution is 9.10. The number of carbonyl (C=O) groups is 1. The molecule has 0 bridgehead atoms. The Morgan fingerprint density at radius 3 is 2.96 bits per heavy atom. The van der Waals surface area contributed by atoms with Crippen LogP contribution >= 0.6 is 27.7 Å². The Morgan fingerprint density at radius 2 is 2.32 bits per heavy atom. The summed E-state index contributed by atoms with van der Waals surface area (Å²) in [6.07, 6.45) is 6.22. The molecule has 8 heteroatoms. The number of hydrogen-bond donors (Lipinski definition) is 0. The number of thioether (sulfide) groups is 1. The molecule has 1 aliphatic heterocycles. The van der Waals surface area contributed by atoms with Gasteiger partial charge in [0.25, 0.3) is 5.91 Å². The van der Waals surface area contributed by atoms with Crippen molar-refractivity contribution in [3.05, 3.63) is 22.6 Å². The maximum atomic E-state index is 12.9. The highest BCUT2D eigenvalue weighted by Crippen LogP contribution is 2.25. The molecule has 0 N–H and O–H groups in total. The third-order valence-corrected chi connectivity index (χ3v) is 5.56. The van der Waals surface area contributed by atoms with Gasteiger partial charge in [0.1, 0.15) is 10.3 Å². The molecule has 136 valence electrons. The molecule has 2 aromatic heterocycles. The Kier molecular flexibility index (Phi) is 6.01. The molecule has 0 aromatic carbocycles. The number of hydrogen-bond acceptors (Lipinski definition) is 5. The van der Waals surface area contributed by atoms with Gasteiger partial charge in [-0.3, -0.25) is 14.5 Å². The van der Waals surface area contributed by atoms with E-state index >= 15 is 0 Å². The second-order valence-corrected chi connectivity index (χ2v) is 7.87. The third kappa shape index (κ3) is 4.01. The number of likely N-dealkylation sites (N-methyl/N-ethyl adjacent to an activating group) is 1. The van der Waals surface area contributed by atoms with E-state index in [9.17, 15) is 4.79 Å². The minimum atomic E-state index is -0.0550. The molecule has 25 heavy (non-hydrogen) atoms. The van der Waals surface area contributed by atoms with Gasteiger partial charge in [-0.15, -0.1) is 11.8 Å². The highest BCUT2D eigenvalue weighted by atomic mass is 79.9. The minimum absolute atomic E-state index is 0.0550. The minimum Gasteiger partial charge on any atom is -0.373 e. The lowest BCUT2D eigenvalue weighted by molar-refractivity contribution is 0.0289. The number of fused-ring (bicyclic) bond motifs is 1. The Morgan fingerprint density at radius 1 is 1.52 bits per heavy atom.